The second kappa shape index (κ2) is 5.27. The molecular weight excluding hydrogens is 234 g/mol. The van der Waals surface area contributed by atoms with E-state index in [9.17, 15) is 0 Å². The summed E-state index contributed by atoms with van der Waals surface area (Å²) >= 11 is 0. The molecule has 1 aliphatic rings. The summed E-state index contributed by atoms with van der Waals surface area (Å²) in [5.41, 5.74) is 5.35. The highest BCUT2D eigenvalue weighted by Crippen LogP contribution is 2.40. The van der Waals surface area contributed by atoms with E-state index < -0.39 is 0 Å². The fourth-order valence-electron chi connectivity index (χ4n) is 3.49. The molecule has 0 saturated heterocycles. The number of para-hydroxylation sites is 1. The predicted octanol–water partition coefficient (Wildman–Crippen LogP) is 3.18. The molecule has 3 rings (SSSR count). The molecule has 1 aromatic carbocycles. The zero-order valence-electron chi connectivity index (χ0n) is 11.3. The lowest BCUT2D eigenvalue weighted by Crippen LogP contribution is -2.34. The van der Waals surface area contributed by atoms with Gasteiger partial charge in [0.25, 0.3) is 0 Å². The molecule has 0 radical (unpaired) electrons. The Morgan fingerprint density at radius 3 is 2.84 bits per heavy atom. The summed E-state index contributed by atoms with van der Waals surface area (Å²) in [5, 5.41) is 1.19. The Kier molecular flexibility index (Phi) is 3.49. The maximum absolute atomic E-state index is 5.86. The largest absolute Gasteiger partial charge is 0.271 e. The Morgan fingerprint density at radius 1 is 1.26 bits per heavy atom. The SMILES string of the molecule is CC1CCCC1C(NN)c1cccc2cccnc12. The van der Waals surface area contributed by atoms with Gasteiger partial charge >= 0.3 is 0 Å². The molecule has 3 heteroatoms. The summed E-state index contributed by atoms with van der Waals surface area (Å²) in [6.07, 6.45) is 5.72. The second-order valence-electron chi connectivity index (χ2n) is 5.64. The minimum Gasteiger partial charge on any atom is -0.271 e. The summed E-state index contributed by atoms with van der Waals surface area (Å²) in [5.74, 6) is 7.19. The average Bonchev–Trinajstić information content (AvgIpc) is 2.86. The van der Waals surface area contributed by atoms with Gasteiger partial charge in [-0.15, -0.1) is 0 Å². The van der Waals surface area contributed by atoms with Gasteiger partial charge in [0.05, 0.1) is 11.6 Å². The second-order valence-corrected chi connectivity index (χ2v) is 5.64. The lowest BCUT2D eigenvalue weighted by molar-refractivity contribution is 0.306. The van der Waals surface area contributed by atoms with Crippen molar-refractivity contribution in [3.05, 3.63) is 42.1 Å². The van der Waals surface area contributed by atoms with Crippen molar-refractivity contribution < 1.29 is 0 Å². The smallest absolute Gasteiger partial charge is 0.0750 e. The molecule has 1 aromatic heterocycles. The van der Waals surface area contributed by atoms with E-state index in [1.807, 2.05) is 12.3 Å². The molecule has 100 valence electrons. The van der Waals surface area contributed by atoms with Crippen LogP contribution in [0.2, 0.25) is 0 Å². The van der Waals surface area contributed by atoms with Gasteiger partial charge in [0.15, 0.2) is 0 Å². The molecule has 19 heavy (non-hydrogen) atoms. The first-order valence-electron chi connectivity index (χ1n) is 7.11. The van der Waals surface area contributed by atoms with Crippen molar-refractivity contribution in [1.82, 2.24) is 10.4 Å². The summed E-state index contributed by atoms with van der Waals surface area (Å²) < 4.78 is 0. The van der Waals surface area contributed by atoms with Gasteiger partial charge in [0.1, 0.15) is 0 Å². The minimum absolute atomic E-state index is 0.205. The lowest BCUT2D eigenvalue weighted by Gasteiger charge is -2.27. The maximum Gasteiger partial charge on any atom is 0.0750 e. The molecule has 0 amide bonds. The van der Waals surface area contributed by atoms with Crippen molar-refractivity contribution in [1.29, 1.82) is 0 Å². The highest BCUT2D eigenvalue weighted by atomic mass is 15.2. The van der Waals surface area contributed by atoms with Crippen LogP contribution in [-0.2, 0) is 0 Å². The summed E-state index contributed by atoms with van der Waals surface area (Å²) in [6, 6.07) is 10.7. The Bertz CT molecular complexity index is 561. The van der Waals surface area contributed by atoms with Gasteiger partial charge in [-0.3, -0.25) is 16.3 Å². The van der Waals surface area contributed by atoms with Gasteiger partial charge in [-0.2, -0.15) is 0 Å². The molecule has 3 N–H and O–H groups in total. The van der Waals surface area contributed by atoms with Crippen LogP contribution >= 0.6 is 0 Å². The van der Waals surface area contributed by atoms with Crippen LogP contribution in [0.4, 0.5) is 0 Å². The fraction of sp³-hybridized carbons (Fsp3) is 0.438. The van der Waals surface area contributed by atoms with E-state index >= 15 is 0 Å². The Morgan fingerprint density at radius 2 is 2.11 bits per heavy atom. The summed E-state index contributed by atoms with van der Waals surface area (Å²) in [4.78, 5) is 4.55. The molecule has 1 fully saturated rings. The molecule has 1 aliphatic carbocycles. The van der Waals surface area contributed by atoms with E-state index in [2.05, 4.69) is 41.6 Å². The number of pyridine rings is 1. The molecule has 2 aromatic rings. The summed E-state index contributed by atoms with van der Waals surface area (Å²) in [6.45, 7) is 2.33. The van der Waals surface area contributed by atoms with Crippen LogP contribution in [0, 0.1) is 11.8 Å². The quantitative estimate of drug-likeness (QED) is 0.654. The molecule has 3 atom stereocenters. The highest BCUT2D eigenvalue weighted by molar-refractivity contribution is 5.82. The number of nitrogens with one attached hydrogen (secondary N) is 1. The zero-order valence-corrected chi connectivity index (χ0v) is 11.3. The molecule has 3 nitrogen and oxygen atoms in total. The van der Waals surface area contributed by atoms with E-state index in [4.69, 9.17) is 5.84 Å². The minimum atomic E-state index is 0.205. The number of rotatable bonds is 3. The normalized spacial score (nSPS) is 24.7. The molecule has 0 bridgehead atoms. The number of hydrazine groups is 1. The number of hydrogen-bond donors (Lipinski definition) is 2. The van der Waals surface area contributed by atoms with Crippen LogP contribution < -0.4 is 11.3 Å². The Hall–Kier alpha value is -1.45. The molecule has 1 heterocycles. The van der Waals surface area contributed by atoms with Crippen LogP contribution in [0.15, 0.2) is 36.5 Å². The fourth-order valence-corrected chi connectivity index (χ4v) is 3.49. The van der Waals surface area contributed by atoms with Gasteiger partial charge in [-0.05, 0) is 29.9 Å². The monoisotopic (exact) mass is 255 g/mol. The van der Waals surface area contributed by atoms with E-state index in [1.165, 1.54) is 30.2 Å². The van der Waals surface area contributed by atoms with Crippen LogP contribution in [0.1, 0.15) is 37.8 Å². The predicted molar refractivity (Wildman–Crippen MR) is 78.3 cm³/mol. The number of fused-ring (bicyclic) bond motifs is 1. The first-order valence-corrected chi connectivity index (χ1v) is 7.11. The molecule has 1 saturated carbocycles. The molecule has 0 aliphatic heterocycles. The number of nitrogens with two attached hydrogens (primary N) is 1. The van der Waals surface area contributed by atoms with Crippen molar-refractivity contribution in [3.8, 4) is 0 Å². The number of hydrogen-bond acceptors (Lipinski definition) is 3. The average molecular weight is 255 g/mol. The third-order valence-electron chi connectivity index (χ3n) is 4.53. The molecular formula is C16H21N3. The van der Waals surface area contributed by atoms with Gasteiger partial charge in [-0.25, -0.2) is 0 Å². The van der Waals surface area contributed by atoms with Crippen LogP contribution in [0.5, 0.6) is 0 Å². The van der Waals surface area contributed by atoms with Crippen LogP contribution in [-0.4, -0.2) is 4.98 Å². The third kappa shape index (κ3) is 2.24. The van der Waals surface area contributed by atoms with Crippen molar-refractivity contribution in [3.63, 3.8) is 0 Å². The van der Waals surface area contributed by atoms with Crippen molar-refractivity contribution in [2.45, 2.75) is 32.2 Å². The van der Waals surface area contributed by atoms with E-state index in [0.717, 1.165) is 11.4 Å². The molecule has 3 unspecified atom stereocenters. The Balaban J connectivity index is 2.06. The van der Waals surface area contributed by atoms with Gasteiger partial charge in [0.2, 0.25) is 0 Å². The Labute approximate surface area is 114 Å². The van der Waals surface area contributed by atoms with Crippen LogP contribution in [0.3, 0.4) is 0 Å². The lowest BCUT2D eigenvalue weighted by atomic mass is 9.85. The third-order valence-corrected chi connectivity index (χ3v) is 4.53. The maximum atomic E-state index is 5.86. The standard InChI is InChI=1S/C16H21N3/c1-11-5-2-8-13(11)16(19-17)14-9-3-6-12-7-4-10-18-15(12)14/h3-4,6-7,9-11,13,16,19H,2,5,8,17H2,1H3. The summed E-state index contributed by atoms with van der Waals surface area (Å²) in [7, 11) is 0. The number of benzene rings is 1. The highest BCUT2D eigenvalue weighted by Gasteiger charge is 2.32. The van der Waals surface area contributed by atoms with Crippen molar-refractivity contribution in [2.75, 3.05) is 0 Å². The topological polar surface area (TPSA) is 50.9 Å². The van der Waals surface area contributed by atoms with Crippen molar-refractivity contribution >= 4 is 10.9 Å². The van der Waals surface area contributed by atoms with Gasteiger partial charge in [0, 0.05) is 11.6 Å². The zero-order chi connectivity index (χ0) is 13.2. The molecule has 0 spiro atoms. The van der Waals surface area contributed by atoms with Gasteiger partial charge < -0.3 is 0 Å². The first-order chi connectivity index (χ1) is 9.31. The van der Waals surface area contributed by atoms with Crippen molar-refractivity contribution in [2.24, 2.45) is 17.7 Å². The van der Waals surface area contributed by atoms with Crippen LogP contribution in [0.25, 0.3) is 10.9 Å². The number of aromatic nitrogens is 1. The van der Waals surface area contributed by atoms with E-state index in [0.29, 0.717) is 5.92 Å². The number of nitrogens with zero attached hydrogens (tertiary/aromatic N) is 1. The van der Waals surface area contributed by atoms with E-state index in [1.54, 1.807) is 0 Å². The van der Waals surface area contributed by atoms with Gasteiger partial charge in [-0.1, -0.05) is 44.0 Å². The van der Waals surface area contributed by atoms with E-state index in [-0.39, 0.29) is 6.04 Å². The first kappa shape index (κ1) is 12.6.